The SMILES string of the molecule is NCc1nc(-c2ccc(F)cc2Cl)cs1. The largest absolute Gasteiger partial charge is 0.325 e. The van der Waals surface area contributed by atoms with Gasteiger partial charge in [0.15, 0.2) is 0 Å². The Morgan fingerprint density at radius 1 is 1.47 bits per heavy atom. The molecule has 0 aliphatic heterocycles. The average Bonchev–Trinajstić information content (AvgIpc) is 2.66. The van der Waals surface area contributed by atoms with E-state index in [1.54, 1.807) is 6.07 Å². The van der Waals surface area contributed by atoms with E-state index in [0.717, 1.165) is 16.3 Å². The van der Waals surface area contributed by atoms with Gasteiger partial charge < -0.3 is 5.73 Å². The maximum Gasteiger partial charge on any atom is 0.124 e. The molecule has 1 heterocycles. The topological polar surface area (TPSA) is 38.9 Å². The van der Waals surface area contributed by atoms with E-state index in [9.17, 15) is 4.39 Å². The second kappa shape index (κ2) is 4.26. The van der Waals surface area contributed by atoms with Crippen LogP contribution in [0.3, 0.4) is 0 Å². The molecule has 0 saturated heterocycles. The number of nitrogens with zero attached hydrogens (tertiary/aromatic N) is 1. The highest BCUT2D eigenvalue weighted by molar-refractivity contribution is 7.09. The number of benzene rings is 1. The summed E-state index contributed by atoms with van der Waals surface area (Å²) in [5.74, 6) is -0.349. The Morgan fingerprint density at radius 3 is 2.87 bits per heavy atom. The number of aromatic nitrogens is 1. The van der Waals surface area contributed by atoms with Crippen LogP contribution in [0.15, 0.2) is 23.6 Å². The first-order valence-corrected chi connectivity index (χ1v) is 5.56. The second-order valence-corrected chi connectivity index (χ2v) is 4.30. The van der Waals surface area contributed by atoms with Crippen molar-refractivity contribution in [1.82, 2.24) is 4.98 Å². The quantitative estimate of drug-likeness (QED) is 0.879. The lowest BCUT2D eigenvalue weighted by Gasteiger charge is -1.99. The Balaban J connectivity index is 2.44. The molecule has 2 aromatic rings. The van der Waals surface area contributed by atoms with Gasteiger partial charge in [-0.1, -0.05) is 11.6 Å². The lowest BCUT2D eigenvalue weighted by molar-refractivity contribution is 0.628. The Morgan fingerprint density at radius 2 is 2.27 bits per heavy atom. The molecule has 1 aromatic carbocycles. The zero-order valence-corrected chi connectivity index (χ0v) is 9.28. The van der Waals surface area contributed by atoms with Crippen molar-refractivity contribution in [2.75, 3.05) is 0 Å². The zero-order valence-electron chi connectivity index (χ0n) is 7.71. The summed E-state index contributed by atoms with van der Waals surface area (Å²) in [6.45, 7) is 0.406. The smallest absolute Gasteiger partial charge is 0.124 e. The molecule has 0 atom stereocenters. The van der Waals surface area contributed by atoms with Crippen LogP contribution >= 0.6 is 22.9 Å². The maximum atomic E-state index is 12.8. The molecule has 0 fully saturated rings. The van der Waals surface area contributed by atoms with Crippen LogP contribution in [0.25, 0.3) is 11.3 Å². The normalized spacial score (nSPS) is 10.6. The summed E-state index contributed by atoms with van der Waals surface area (Å²) in [5.41, 5.74) is 6.93. The molecule has 0 saturated carbocycles. The predicted octanol–water partition coefficient (Wildman–Crippen LogP) is 3.06. The van der Waals surface area contributed by atoms with Crippen LogP contribution in [0.5, 0.6) is 0 Å². The van der Waals surface area contributed by atoms with Crippen molar-refractivity contribution in [2.45, 2.75) is 6.54 Å². The summed E-state index contributed by atoms with van der Waals surface area (Å²) in [5, 5.41) is 3.07. The van der Waals surface area contributed by atoms with Gasteiger partial charge in [0.2, 0.25) is 0 Å². The van der Waals surface area contributed by atoms with Crippen molar-refractivity contribution in [1.29, 1.82) is 0 Å². The summed E-state index contributed by atoms with van der Waals surface area (Å²) in [7, 11) is 0. The van der Waals surface area contributed by atoms with Gasteiger partial charge in [0.1, 0.15) is 10.8 Å². The summed E-state index contributed by atoms with van der Waals surface area (Å²) in [4.78, 5) is 4.28. The third kappa shape index (κ3) is 2.17. The van der Waals surface area contributed by atoms with E-state index in [4.69, 9.17) is 17.3 Å². The molecule has 0 aliphatic rings. The van der Waals surface area contributed by atoms with E-state index < -0.39 is 0 Å². The Labute approximate surface area is 95.5 Å². The minimum absolute atomic E-state index is 0.349. The van der Waals surface area contributed by atoms with Crippen molar-refractivity contribution in [3.63, 3.8) is 0 Å². The summed E-state index contributed by atoms with van der Waals surface area (Å²) < 4.78 is 12.8. The van der Waals surface area contributed by atoms with Crippen LogP contribution in [0.4, 0.5) is 4.39 Å². The first-order valence-electron chi connectivity index (χ1n) is 4.30. The van der Waals surface area contributed by atoms with Crippen molar-refractivity contribution in [2.24, 2.45) is 5.73 Å². The summed E-state index contributed by atoms with van der Waals surface area (Å²) in [6.07, 6.45) is 0. The average molecular weight is 243 g/mol. The van der Waals surface area contributed by atoms with Gasteiger partial charge in [-0.15, -0.1) is 11.3 Å². The fourth-order valence-corrected chi connectivity index (χ4v) is 2.16. The summed E-state index contributed by atoms with van der Waals surface area (Å²) in [6, 6.07) is 4.26. The lowest BCUT2D eigenvalue weighted by Crippen LogP contribution is -1.94. The highest BCUT2D eigenvalue weighted by Crippen LogP contribution is 2.29. The van der Waals surface area contributed by atoms with Crippen molar-refractivity contribution < 1.29 is 4.39 Å². The van der Waals surface area contributed by atoms with E-state index in [1.807, 2.05) is 5.38 Å². The molecule has 0 amide bonds. The highest BCUT2D eigenvalue weighted by Gasteiger charge is 2.08. The van der Waals surface area contributed by atoms with Crippen LogP contribution in [0, 0.1) is 5.82 Å². The maximum absolute atomic E-state index is 12.8. The van der Waals surface area contributed by atoms with Crippen LogP contribution in [-0.4, -0.2) is 4.98 Å². The first kappa shape index (κ1) is 10.5. The first-order chi connectivity index (χ1) is 7.20. The summed E-state index contributed by atoms with van der Waals surface area (Å²) >= 11 is 7.38. The van der Waals surface area contributed by atoms with Crippen molar-refractivity contribution in [3.8, 4) is 11.3 Å². The minimum atomic E-state index is -0.349. The van der Waals surface area contributed by atoms with Gasteiger partial charge >= 0.3 is 0 Å². The molecule has 2 nitrogen and oxygen atoms in total. The Hall–Kier alpha value is -0.970. The van der Waals surface area contributed by atoms with Crippen LogP contribution in [0.1, 0.15) is 5.01 Å². The molecule has 15 heavy (non-hydrogen) atoms. The van der Waals surface area contributed by atoms with E-state index in [2.05, 4.69) is 4.98 Å². The number of hydrogen-bond acceptors (Lipinski definition) is 3. The molecule has 2 rings (SSSR count). The van der Waals surface area contributed by atoms with E-state index in [1.165, 1.54) is 23.5 Å². The van der Waals surface area contributed by atoms with E-state index in [-0.39, 0.29) is 5.82 Å². The van der Waals surface area contributed by atoms with Gasteiger partial charge in [-0.05, 0) is 18.2 Å². The zero-order chi connectivity index (χ0) is 10.8. The van der Waals surface area contributed by atoms with Crippen molar-refractivity contribution >= 4 is 22.9 Å². The van der Waals surface area contributed by atoms with Gasteiger partial charge in [-0.3, -0.25) is 0 Å². The van der Waals surface area contributed by atoms with Crippen LogP contribution < -0.4 is 5.73 Å². The Kier molecular flexibility index (Phi) is 3.00. The van der Waals surface area contributed by atoms with Gasteiger partial charge in [0.05, 0.1) is 10.7 Å². The molecule has 2 N–H and O–H groups in total. The van der Waals surface area contributed by atoms with Crippen molar-refractivity contribution in [3.05, 3.63) is 39.4 Å². The molecule has 0 aliphatic carbocycles. The van der Waals surface area contributed by atoms with Gasteiger partial charge in [-0.2, -0.15) is 0 Å². The van der Waals surface area contributed by atoms with Gasteiger partial charge in [0.25, 0.3) is 0 Å². The third-order valence-electron chi connectivity index (χ3n) is 1.93. The molecule has 0 radical (unpaired) electrons. The number of nitrogens with two attached hydrogens (primary N) is 1. The highest BCUT2D eigenvalue weighted by atomic mass is 35.5. The molecule has 5 heteroatoms. The second-order valence-electron chi connectivity index (χ2n) is 2.95. The molecule has 0 unspecified atom stereocenters. The molecular weight excluding hydrogens is 235 g/mol. The van der Waals surface area contributed by atoms with Crippen LogP contribution in [-0.2, 0) is 6.54 Å². The van der Waals surface area contributed by atoms with Crippen LogP contribution in [0.2, 0.25) is 5.02 Å². The fourth-order valence-electron chi connectivity index (χ4n) is 1.23. The number of thiazole rings is 1. The monoisotopic (exact) mass is 242 g/mol. The lowest BCUT2D eigenvalue weighted by atomic mass is 10.2. The molecule has 0 spiro atoms. The number of halogens is 2. The van der Waals surface area contributed by atoms with Gasteiger partial charge in [-0.25, -0.2) is 9.37 Å². The molecule has 0 bridgehead atoms. The fraction of sp³-hybridized carbons (Fsp3) is 0.100. The standard InChI is InChI=1S/C10H8ClFN2S/c11-8-3-6(12)1-2-7(8)9-5-15-10(4-13)14-9/h1-3,5H,4,13H2. The van der Waals surface area contributed by atoms with E-state index in [0.29, 0.717) is 11.6 Å². The third-order valence-corrected chi connectivity index (χ3v) is 3.12. The molecular formula is C10H8ClFN2S. The van der Waals surface area contributed by atoms with Gasteiger partial charge in [0, 0.05) is 17.5 Å². The number of hydrogen-bond donors (Lipinski definition) is 1. The minimum Gasteiger partial charge on any atom is -0.325 e. The molecule has 78 valence electrons. The Bertz CT molecular complexity index is 484. The number of rotatable bonds is 2. The predicted molar refractivity (Wildman–Crippen MR) is 60.4 cm³/mol. The molecule has 1 aromatic heterocycles. The van der Waals surface area contributed by atoms with E-state index >= 15 is 0 Å².